The van der Waals surface area contributed by atoms with Crippen LogP contribution in [0, 0.1) is 6.92 Å². The van der Waals surface area contributed by atoms with Gasteiger partial charge in [0.25, 0.3) is 0 Å². The summed E-state index contributed by atoms with van der Waals surface area (Å²) in [6, 6.07) is 2.16. The van der Waals surface area contributed by atoms with Gasteiger partial charge in [0.15, 0.2) is 0 Å². The molecule has 0 saturated heterocycles. The molecule has 3 aromatic heterocycles. The zero-order chi connectivity index (χ0) is 20.8. The highest BCUT2D eigenvalue weighted by Crippen LogP contribution is 2.30. The third-order valence-electron chi connectivity index (χ3n) is 5.88. The predicted octanol–water partition coefficient (Wildman–Crippen LogP) is 2.48. The number of carbonyl (C=O) groups excluding carboxylic acids is 1. The lowest BCUT2D eigenvalue weighted by Crippen LogP contribution is -2.30. The second kappa shape index (κ2) is 7.19. The zero-order valence-corrected chi connectivity index (χ0v) is 17.6. The highest BCUT2D eigenvalue weighted by Gasteiger charge is 2.25. The molecule has 30 heavy (non-hydrogen) atoms. The first-order valence-electron chi connectivity index (χ1n) is 10.4. The van der Waals surface area contributed by atoms with E-state index in [4.69, 9.17) is 9.98 Å². The molecular weight excluding hydrogens is 378 g/mol. The van der Waals surface area contributed by atoms with Crippen molar-refractivity contribution in [2.24, 2.45) is 12.0 Å². The van der Waals surface area contributed by atoms with E-state index in [-0.39, 0.29) is 5.91 Å². The van der Waals surface area contributed by atoms with Crippen molar-refractivity contribution in [1.29, 1.82) is 0 Å². The second-order valence-corrected chi connectivity index (χ2v) is 7.95. The van der Waals surface area contributed by atoms with Crippen LogP contribution < -0.4 is 0 Å². The van der Waals surface area contributed by atoms with Gasteiger partial charge in [0.05, 0.1) is 35.9 Å². The molecule has 5 heterocycles. The van der Waals surface area contributed by atoms with Crippen molar-refractivity contribution in [2.45, 2.75) is 46.3 Å². The van der Waals surface area contributed by atoms with Crippen molar-refractivity contribution in [1.82, 2.24) is 29.4 Å². The van der Waals surface area contributed by atoms with Crippen molar-refractivity contribution in [3.63, 3.8) is 0 Å². The van der Waals surface area contributed by atoms with Crippen LogP contribution in [0.2, 0.25) is 0 Å². The fraction of sp³-hybridized carbons (Fsp3) is 0.409. The van der Waals surface area contributed by atoms with Gasteiger partial charge in [-0.15, -0.1) is 0 Å². The Morgan fingerprint density at radius 1 is 1.10 bits per heavy atom. The fourth-order valence-electron chi connectivity index (χ4n) is 4.31. The van der Waals surface area contributed by atoms with Crippen LogP contribution in [-0.2, 0) is 31.5 Å². The Morgan fingerprint density at radius 2 is 1.97 bits per heavy atom. The van der Waals surface area contributed by atoms with Gasteiger partial charge < -0.3 is 4.90 Å². The molecule has 0 aliphatic carbocycles. The van der Waals surface area contributed by atoms with Crippen molar-refractivity contribution in [3.05, 3.63) is 52.9 Å². The molecular formula is C22H25N7O. The van der Waals surface area contributed by atoms with Crippen LogP contribution in [0.4, 0.5) is 0 Å². The number of carbonyl (C=O) groups is 1. The maximum atomic E-state index is 12.8. The van der Waals surface area contributed by atoms with Crippen LogP contribution in [0.5, 0.6) is 0 Å². The minimum atomic E-state index is 0.144. The van der Waals surface area contributed by atoms with Crippen LogP contribution >= 0.6 is 0 Å². The van der Waals surface area contributed by atoms with E-state index in [0.29, 0.717) is 32.6 Å². The van der Waals surface area contributed by atoms with Crippen LogP contribution in [0.3, 0.4) is 0 Å². The first-order valence-corrected chi connectivity index (χ1v) is 10.4. The number of rotatable bonds is 1. The minimum absolute atomic E-state index is 0.144. The molecule has 3 aromatic rings. The summed E-state index contributed by atoms with van der Waals surface area (Å²) in [7, 11) is 1.91. The summed E-state index contributed by atoms with van der Waals surface area (Å²) in [5.74, 6) is 0.144. The highest BCUT2D eigenvalue weighted by molar-refractivity contribution is 6.15. The van der Waals surface area contributed by atoms with E-state index in [1.807, 2.05) is 53.7 Å². The molecule has 0 unspecified atom stereocenters. The van der Waals surface area contributed by atoms with Crippen LogP contribution in [-0.4, -0.2) is 47.6 Å². The van der Waals surface area contributed by atoms with Gasteiger partial charge in [0, 0.05) is 67.4 Å². The van der Waals surface area contributed by atoms with E-state index in [1.54, 1.807) is 0 Å². The van der Waals surface area contributed by atoms with Gasteiger partial charge in [-0.05, 0) is 26.3 Å². The molecule has 0 saturated carbocycles. The van der Waals surface area contributed by atoms with Crippen molar-refractivity contribution in [3.8, 4) is 11.1 Å². The number of nitrogens with zero attached hydrogens (tertiary/aromatic N) is 7. The predicted molar refractivity (Wildman–Crippen MR) is 113 cm³/mol. The molecule has 154 valence electrons. The lowest BCUT2D eigenvalue weighted by molar-refractivity contribution is -0.131. The summed E-state index contributed by atoms with van der Waals surface area (Å²) in [6.45, 7) is 6.46. The van der Waals surface area contributed by atoms with Gasteiger partial charge >= 0.3 is 0 Å². The molecule has 0 aromatic carbocycles. The Hall–Kier alpha value is -3.29. The molecule has 0 fully saturated rings. The number of pyridine rings is 1. The maximum absolute atomic E-state index is 12.8. The lowest BCUT2D eigenvalue weighted by atomic mass is 9.99. The minimum Gasteiger partial charge on any atom is -0.337 e. The Morgan fingerprint density at radius 3 is 2.80 bits per heavy atom. The van der Waals surface area contributed by atoms with Crippen molar-refractivity contribution >= 4 is 11.6 Å². The van der Waals surface area contributed by atoms with Crippen molar-refractivity contribution in [2.75, 3.05) is 6.54 Å². The van der Waals surface area contributed by atoms with Gasteiger partial charge in [-0.25, -0.2) is 0 Å². The van der Waals surface area contributed by atoms with E-state index in [2.05, 4.69) is 16.3 Å². The Bertz CT molecular complexity index is 1170. The number of hydrogen-bond acceptors (Lipinski definition) is 5. The average molecular weight is 403 g/mol. The standard InChI is InChI=1S/C22H25N7O/c1-4-28-13-20-18(11-27(3)26-20)15-8-16-19(23-9-15)10-24-22(16)17-12-29(25-14(17)2)7-5-6-21(28)30/h8-9,11-12H,4-7,10,13H2,1-3H3. The number of hydrogen-bond donors (Lipinski definition) is 0. The smallest absolute Gasteiger partial charge is 0.222 e. The summed E-state index contributed by atoms with van der Waals surface area (Å²) in [4.78, 5) is 24.2. The van der Waals surface area contributed by atoms with Gasteiger partial charge in [0.2, 0.25) is 5.91 Å². The van der Waals surface area contributed by atoms with E-state index in [1.165, 1.54) is 0 Å². The van der Waals surface area contributed by atoms with E-state index in [9.17, 15) is 4.79 Å². The molecule has 0 spiro atoms. The molecule has 0 atom stereocenters. The van der Waals surface area contributed by atoms with Crippen LogP contribution in [0.15, 0.2) is 29.6 Å². The quantitative estimate of drug-likeness (QED) is 0.625. The molecule has 1 amide bonds. The molecule has 0 N–H and O–H groups in total. The summed E-state index contributed by atoms with van der Waals surface area (Å²) >= 11 is 0. The number of fused-ring (bicyclic) bond motifs is 6. The van der Waals surface area contributed by atoms with Crippen LogP contribution in [0.1, 0.15) is 48.0 Å². The van der Waals surface area contributed by atoms with Gasteiger partial charge in [-0.2, -0.15) is 10.2 Å². The zero-order valence-electron chi connectivity index (χ0n) is 17.6. The molecule has 8 heteroatoms. The summed E-state index contributed by atoms with van der Waals surface area (Å²) in [5, 5.41) is 9.32. The fourth-order valence-corrected chi connectivity index (χ4v) is 4.31. The lowest BCUT2D eigenvalue weighted by Gasteiger charge is -2.20. The summed E-state index contributed by atoms with van der Waals surface area (Å²) in [5.41, 5.74) is 7.88. The van der Waals surface area contributed by atoms with E-state index >= 15 is 0 Å². The molecule has 5 rings (SSSR count). The van der Waals surface area contributed by atoms with Crippen LogP contribution in [0.25, 0.3) is 11.1 Å². The molecule has 4 bridgehead atoms. The number of amides is 1. The monoisotopic (exact) mass is 403 g/mol. The molecule has 2 aliphatic heterocycles. The third kappa shape index (κ3) is 3.12. The first kappa shape index (κ1) is 18.7. The highest BCUT2D eigenvalue weighted by atomic mass is 16.2. The normalized spacial score (nSPS) is 16.2. The van der Waals surface area contributed by atoms with E-state index < -0.39 is 0 Å². The molecule has 8 nitrogen and oxygen atoms in total. The van der Waals surface area contributed by atoms with Crippen molar-refractivity contribution < 1.29 is 4.79 Å². The largest absolute Gasteiger partial charge is 0.337 e. The number of aromatic nitrogens is 5. The van der Waals surface area contributed by atoms with E-state index in [0.717, 1.165) is 51.5 Å². The molecule has 0 radical (unpaired) electrons. The first-order chi connectivity index (χ1) is 14.5. The van der Waals surface area contributed by atoms with Gasteiger partial charge in [-0.3, -0.25) is 24.1 Å². The third-order valence-corrected chi connectivity index (χ3v) is 5.88. The summed E-state index contributed by atoms with van der Waals surface area (Å²) in [6.07, 6.45) is 7.18. The maximum Gasteiger partial charge on any atom is 0.222 e. The SMILES string of the molecule is CCN1Cc2nn(C)cc2-c2cnc3c(c2)C(=NC3)c2cn(nc2C)CCCC1=O. The number of aliphatic imine (C=N–C) groups is 1. The Kier molecular flexibility index (Phi) is 4.49. The van der Waals surface area contributed by atoms with Gasteiger partial charge in [0.1, 0.15) is 0 Å². The summed E-state index contributed by atoms with van der Waals surface area (Å²) < 4.78 is 3.74. The Labute approximate surface area is 175 Å². The molecule has 2 aliphatic rings. The second-order valence-electron chi connectivity index (χ2n) is 7.95. The van der Waals surface area contributed by atoms with Gasteiger partial charge in [-0.1, -0.05) is 0 Å². The number of aryl methyl sites for hydroxylation is 3. The average Bonchev–Trinajstić information content (AvgIpc) is 3.41. The topological polar surface area (TPSA) is 81.2 Å². The Balaban J connectivity index is 1.67.